The number of nitrogens with zero attached hydrogens (tertiary/aromatic N) is 1. The van der Waals surface area contributed by atoms with Gasteiger partial charge in [-0.05, 0) is 39.2 Å². The maximum atomic E-state index is 12.1. The average Bonchev–Trinajstić information content (AvgIpc) is 2.58. The Kier molecular flexibility index (Phi) is 8.58. The molecule has 1 aromatic carbocycles. The largest absolute Gasteiger partial charge is 0.480 e. The summed E-state index contributed by atoms with van der Waals surface area (Å²) in [4.78, 5) is 36.2. The molecule has 0 bridgehead atoms. The fourth-order valence-electron chi connectivity index (χ4n) is 2.23. The topological polar surface area (TPSA) is 105 Å². The number of nitrogens with one attached hydrogen (secondary N) is 1. The Labute approximate surface area is 159 Å². The van der Waals surface area contributed by atoms with E-state index in [-0.39, 0.29) is 19.6 Å². The standard InChI is InChI=1S/C19H28N2O6/c1-19(2,3)27-17(24)20-12-8-11-15(16(22)23)21(4)18(25)26-13-14-9-6-5-7-10-14/h5-7,9-10,15H,8,11-13H2,1-4H3,(H,20,24)(H,22,23). The molecule has 27 heavy (non-hydrogen) atoms. The molecule has 0 heterocycles. The van der Waals surface area contributed by atoms with Crippen LogP contribution in [0.15, 0.2) is 30.3 Å². The number of ether oxygens (including phenoxy) is 2. The molecule has 0 fully saturated rings. The molecule has 0 spiro atoms. The third kappa shape index (κ3) is 8.94. The molecule has 2 N–H and O–H groups in total. The number of carbonyl (C=O) groups is 3. The van der Waals surface area contributed by atoms with Gasteiger partial charge >= 0.3 is 18.2 Å². The van der Waals surface area contributed by atoms with E-state index < -0.39 is 29.8 Å². The summed E-state index contributed by atoms with van der Waals surface area (Å²) in [7, 11) is 1.38. The van der Waals surface area contributed by atoms with E-state index >= 15 is 0 Å². The van der Waals surface area contributed by atoms with Gasteiger partial charge in [0.1, 0.15) is 18.2 Å². The fraction of sp³-hybridized carbons (Fsp3) is 0.526. The smallest absolute Gasteiger partial charge is 0.410 e. The molecule has 0 saturated carbocycles. The van der Waals surface area contributed by atoms with E-state index in [0.29, 0.717) is 6.42 Å². The minimum absolute atomic E-state index is 0.0660. The van der Waals surface area contributed by atoms with Crippen molar-refractivity contribution in [3.05, 3.63) is 35.9 Å². The zero-order valence-corrected chi connectivity index (χ0v) is 16.2. The number of carbonyl (C=O) groups excluding carboxylic acids is 2. The van der Waals surface area contributed by atoms with Crippen LogP contribution in [0.25, 0.3) is 0 Å². The van der Waals surface area contributed by atoms with Gasteiger partial charge in [0.25, 0.3) is 0 Å². The minimum atomic E-state index is -1.13. The van der Waals surface area contributed by atoms with Crippen LogP contribution in [-0.4, -0.2) is 53.4 Å². The summed E-state index contributed by atoms with van der Waals surface area (Å²) in [5, 5.41) is 11.9. The van der Waals surface area contributed by atoms with Crippen LogP contribution in [-0.2, 0) is 20.9 Å². The number of hydrogen-bond donors (Lipinski definition) is 2. The molecule has 150 valence electrons. The number of amides is 2. The number of carboxylic acid groups (broad SMARTS) is 1. The number of rotatable bonds is 8. The lowest BCUT2D eigenvalue weighted by Crippen LogP contribution is -2.43. The Balaban J connectivity index is 2.43. The summed E-state index contributed by atoms with van der Waals surface area (Å²) in [5.74, 6) is -1.13. The van der Waals surface area contributed by atoms with E-state index in [2.05, 4.69) is 5.32 Å². The van der Waals surface area contributed by atoms with Crippen molar-refractivity contribution < 1.29 is 29.0 Å². The predicted molar refractivity (Wildman–Crippen MR) is 99.3 cm³/mol. The number of hydrogen-bond acceptors (Lipinski definition) is 5. The maximum Gasteiger partial charge on any atom is 0.410 e. The third-order valence-electron chi connectivity index (χ3n) is 3.57. The minimum Gasteiger partial charge on any atom is -0.480 e. The van der Waals surface area contributed by atoms with E-state index in [1.807, 2.05) is 30.3 Å². The summed E-state index contributed by atoms with van der Waals surface area (Å²) >= 11 is 0. The third-order valence-corrected chi connectivity index (χ3v) is 3.57. The normalized spacial score (nSPS) is 12.0. The van der Waals surface area contributed by atoms with E-state index in [9.17, 15) is 19.5 Å². The van der Waals surface area contributed by atoms with Crippen molar-refractivity contribution in [2.75, 3.05) is 13.6 Å². The van der Waals surface area contributed by atoms with Crippen molar-refractivity contribution in [1.29, 1.82) is 0 Å². The van der Waals surface area contributed by atoms with Crippen LogP contribution in [0.1, 0.15) is 39.2 Å². The summed E-state index contributed by atoms with van der Waals surface area (Å²) < 4.78 is 10.3. The second-order valence-corrected chi connectivity index (χ2v) is 7.08. The SMILES string of the molecule is CN(C(=O)OCc1ccccc1)C(CCCNC(=O)OC(C)(C)C)C(=O)O. The Morgan fingerprint density at radius 3 is 2.37 bits per heavy atom. The van der Waals surface area contributed by atoms with E-state index in [4.69, 9.17) is 9.47 Å². The number of likely N-dealkylation sites (N-methyl/N-ethyl adjacent to an activating group) is 1. The number of benzene rings is 1. The highest BCUT2D eigenvalue weighted by Crippen LogP contribution is 2.10. The number of carboxylic acids is 1. The quantitative estimate of drug-likeness (QED) is 0.672. The van der Waals surface area contributed by atoms with Gasteiger partial charge in [0.15, 0.2) is 0 Å². The molecular formula is C19H28N2O6. The van der Waals surface area contributed by atoms with Gasteiger partial charge in [0.2, 0.25) is 0 Å². The molecule has 0 aliphatic rings. The first-order valence-corrected chi connectivity index (χ1v) is 8.73. The molecule has 0 aliphatic carbocycles. The predicted octanol–water partition coefficient (Wildman–Crippen LogP) is 3.01. The molecule has 8 nitrogen and oxygen atoms in total. The molecule has 1 unspecified atom stereocenters. The Bertz CT molecular complexity index is 627. The van der Waals surface area contributed by atoms with Gasteiger partial charge in [-0.15, -0.1) is 0 Å². The maximum absolute atomic E-state index is 12.1. The molecule has 1 atom stereocenters. The van der Waals surface area contributed by atoms with Crippen molar-refractivity contribution in [3.63, 3.8) is 0 Å². The lowest BCUT2D eigenvalue weighted by Gasteiger charge is -2.24. The summed E-state index contributed by atoms with van der Waals surface area (Å²) in [6.07, 6.45) is -0.745. The molecule has 0 aromatic heterocycles. The Morgan fingerprint density at radius 2 is 1.81 bits per heavy atom. The van der Waals surface area contributed by atoms with Crippen LogP contribution in [0.3, 0.4) is 0 Å². The average molecular weight is 380 g/mol. The van der Waals surface area contributed by atoms with Gasteiger partial charge in [-0.25, -0.2) is 14.4 Å². The fourth-order valence-corrected chi connectivity index (χ4v) is 2.23. The van der Waals surface area contributed by atoms with Crippen LogP contribution in [0.5, 0.6) is 0 Å². The first-order chi connectivity index (χ1) is 12.6. The second-order valence-electron chi connectivity index (χ2n) is 7.08. The van der Waals surface area contributed by atoms with Crippen molar-refractivity contribution >= 4 is 18.2 Å². The van der Waals surface area contributed by atoms with Crippen LogP contribution >= 0.6 is 0 Å². The molecule has 8 heteroatoms. The van der Waals surface area contributed by atoms with Gasteiger partial charge in [0.05, 0.1) is 0 Å². The lowest BCUT2D eigenvalue weighted by molar-refractivity contribution is -0.142. The van der Waals surface area contributed by atoms with E-state index in [1.165, 1.54) is 7.05 Å². The van der Waals surface area contributed by atoms with E-state index in [0.717, 1.165) is 10.5 Å². The summed E-state index contributed by atoms with van der Waals surface area (Å²) in [5.41, 5.74) is 0.212. The van der Waals surface area contributed by atoms with Gasteiger partial charge in [0, 0.05) is 13.6 Å². The summed E-state index contributed by atoms with van der Waals surface area (Å²) in [6, 6.07) is 8.07. The van der Waals surface area contributed by atoms with Gasteiger partial charge in [-0.1, -0.05) is 30.3 Å². The highest BCUT2D eigenvalue weighted by molar-refractivity contribution is 5.79. The zero-order chi connectivity index (χ0) is 20.4. The summed E-state index contributed by atoms with van der Waals surface area (Å²) in [6.45, 7) is 5.57. The van der Waals surface area contributed by atoms with Crippen molar-refractivity contribution in [3.8, 4) is 0 Å². The molecule has 0 saturated heterocycles. The van der Waals surface area contributed by atoms with E-state index in [1.54, 1.807) is 20.8 Å². The van der Waals surface area contributed by atoms with Gasteiger partial charge in [-0.2, -0.15) is 0 Å². The lowest BCUT2D eigenvalue weighted by atomic mass is 10.1. The number of aliphatic carboxylic acids is 1. The number of alkyl carbamates (subject to hydrolysis) is 1. The van der Waals surface area contributed by atoms with Gasteiger partial charge in [-0.3, -0.25) is 4.90 Å². The molecule has 1 rings (SSSR count). The van der Waals surface area contributed by atoms with Crippen LogP contribution < -0.4 is 5.32 Å². The Hall–Kier alpha value is -2.77. The van der Waals surface area contributed by atoms with Gasteiger partial charge < -0.3 is 19.9 Å². The second kappa shape index (κ2) is 10.4. The van der Waals surface area contributed by atoms with Crippen molar-refractivity contribution in [2.45, 2.75) is 51.9 Å². The zero-order valence-electron chi connectivity index (χ0n) is 16.2. The Morgan fingerprint density at radius 1 is 1.19 bits per heavy atom. The molecule has 1 aromatic rings. The van der Waals surface area contributed by atoms with Crippen molar-refractivity contribution in [2.24, 2.45) is 0 Å². The van der Waals surface area contributed by atoms with Crippen LogP contribution in [0.2, 0.25) is 0 Å². The monoisotopic (exact) mass is 380 g/mol. The van der Waals surface area contributed by atoms with Crippen LogP contribution in [0.4, 0.5) is 9.59 Å². The first-order valence-electron chi connectivity index (χ1n) is 8.73. The van der Waals surface area contributed by atoms with Crippen LogP contribution in [0, 0.1) is 0 Å². The molecular weight excluding hydrogens is 352 g/mol. The first kappa shape index (κ1) is 22.3. The highest BCUT2D eigenvalue weighted by atomic mass is 16.6. The highest BCUT2D eigenvalue weighted by Gasteiger charge is 2.27. The molecule has 2 amide bonds. The molecule has 0 aliphatic heterocycles. The van der Waals surface area contributed by atoms with Crippen molar-refractivity contribution in [1.82, 2.24) is 10.2 Å². The molecule has 0 radical (unpaired) electrons.